The molecule has 7 heteroatoms. The molecule has 0 unspecified atom stereocenters. The number of aryl methyl sites for hydroxylation is 3. The van der Waals surface area contributed by atoms with Crippen LogP contribution in [-0.4, -0.2) is 22.6 Å². The Morgan fingerprint density at radius 2 is 2.15 bits per heavy atom. The molecule has 20 heavy (non-hydrogen) atoms. The highest BCUT2D eigenvalue weighted by atomic mass is 32.1. The summed E-state index contributed by atoms with van der Waals surface area (Å²) < 4.78 is 6.41. The summed E-state index contributed by atoms with van der Waals surface area (Å²) in [7, 11) is 3.00. The van der Waals surface area contributed by atoms with E-state index in [1.165, 1.54) is 35.3 Å². The van der Waals surface area contributed by atoms with Gasteiger partial charge in [-0.2, -0.15) is 0 Å². The first kappa shape index (κ1) is 14.3. The standard InChI is InChI=1S/C13H15N3O3S/c1-7-8(2)20-13(14-7)15-12(18)9-6-16(3)11(17)5-10(9)19-4/h5-6H,1-4H3,(H,14,15,18). The minimum Gasteiger partial charge on any atom is -0.496 e. The molecule has 0 radical (unpaired) electrons. The Labute approximate surface area is 120 Å². The van der Waals surface area contributed by atoms with Crippen LogP contribution in [0.4, 0.5) is 5.13 Å². The zero-order chi connectivity index (χ0) is 14.9. The minimum atomic E-state index is -0.355. The van der Waals surface area contributed by atoms with Gasteiger partial charge in [-0.15, -0.1) is 11.3 Å². The average molecular weight is 293 g/mol. The molecule has 0 spiro atoms. The lowest BCUT2D eigenvalue weighted by Crippen LogP contribution is -2.21. The highest BCUT2D eigenvalue weighted by Gasteiger charge is 2.16. The number of amides is 1. The van der Waals surface area contributed by atoms with Crippen LogP contribution in [0.2, 0.25) is 0 Å². The summed E-state index contributed by atoms with van der Waals surface area (Å²) in [4.78, 5) is 29.1. The van der Waals surface area contributed by atoms with Crippen LogP contribution in [0.1, 0.15) is 20.9 Å². The second-order valence-electron chi connectivity index (χ2n) is 4.32. The van der Waals surface area contributed by atoms with Crippen molar-refractivity contribution < 1.29 is 9.53 Å². The van der Waals surface area contributed by atoms with Crippen LogP contribution in [-0.2, 0) is 7.05 Å². The summed E-state index contributed by atoms with van der Waals surface area (Å²) in [6.07, 6.45) is 1.45. The van der Waals surface area contributed by atoms with Crippen molar-refractivity contribution in [3.05, 3.63) is 38.8 Å². The fraction of sp³-hybridized carbons (Fsp3) is 0.308. The van der Waals surface area contributed by atoms with Crippen molar-refractivity contribution in [1.29, 1.82) is 0 Å². The molecule has 0 aliphatic heterocycles. The molecule has 106 valence electrons. The van der Waals surface area contributed by atoms with Gasteiger partial charge in [0.2, 0.25) is 0 Å². The van der Waals surface area contributed by atoms with Crippen LogP contribution < -0.4 is 15.6 Å². The number of ether oxygens (including phenoxy) is 1. The predicted octanol–water partition coefficient (Wildman–Crippen LogP) is 1.72. The van der Waals surface area contributed by atoms with Crippen molar-refractivity contribution in [2.75, 3.05) is 12.4 Å². The SMILES string of the molecule is COc1cc(=O)n(C)cc1C(=O)Nc1nc(C)c(C)s1. The number of nitrogens with one attached hydrogen (secondary N) is 1. The second kappa shape index (κ2) is 5.46. The molecular formula is C13H15N3O3S. The van der Waals surface area contributed by atoms with Gasteiger partial charge in [-0.25, -0.2) is 4.98 Å². The lowest BCUT2D eigenvalue weighted by molar-refractivity contribution is 0.102. The summed E-state index contributed by atoms with van der Waals surface area (Å²) in [5, 5.41) is 3.24. The van der Waals surface area contributed by atoms with Crippen molar-refractivity contribution in [1.82, 2.24) is 9.55 Å². The van der Waals surface area contributed by atoms with E-state index in [0.717, 1.165) is 10.6 Å². The van der Waals surface area contributed by atoms with Gasteiger partial charge in [0.1, 0.15) is 5.75 Å². The maximum atomic E-state index is 12.2. The van der Waals surface area contributed by atoms with E-state index in [1.807, 2.05) is 13.8 Å². The topological polar surface area (TPSA) is 73.2 Å². The minimum absolute atomic E-state index is 0.237. The summed E-state index contributed by atoms with van der Waals surface area (Å²) in [6.45, 7) is 3.82. The van der Waals surface area contributed by atoms with Crippen LogP contribution in [0.5, 0.6) is 5.75 Å². The highest BCUT2D eigenvalue weighted by molar-refractivity contribution is 7.15. The molecule has 0 bridgehead atoms. The number of hydrogen-bond donors (Lipinski definition) is 1. The smallest absolute Gasteiger partial charge is 0.262 e. The number of aromatic nitrogens is 2. The van der Waals surface area contributed by atoms with E-state index in [-0.39, 0.29) is 17.2 Å². The second-order valence-corrected chi connectivity index (χ2v) is 5.52. The number of rotatable bonds is 3. The normalized spacial score (nSPS) is 10.4. The highest BCUT2D eigenvalue weighted by Crippen LogP contribution is 2.23. The molecule has 0 saturated carbocycles. The van der Waals surface area contributed by atoms with Gasteiger partial charge in [-0.3, -0.25) is 14.9 Å². The lowest BCUT2D eigenvalue weighted by atomic mass is 10.2. The fourth-order valence-electron chi connectivity index (χ4n) is 1.64. The molecule has 1 N–H and O–H groups in total. The Kier molecular flexibility index (Phi) is 3.89. The van der Waals surface area contributed by atoms with Gasteiger partial charge < -0.3 is 9.30 Å². The quantitative estimate of drug-likeness (QED) is 0.935. The third-order valence-electron chi connectivity index (χ3n) is 2.90. The van der Waals surface area contributed by atoms with Crippen LogP contribution in [0, 0.1) is 13.8 Å². The zero-order valence-corrected chi connectivity index (χ0v) is 12.5. The molecule has 0 aliphatic carbocycles. The number of thiazole rings is 1. The Balaban J connectivity index is 2.33. The number of methoxy groups -OCH3 is 1. The number of carbonyl (C=O) groups excluding carboxylic acids is 1. The first-order valence-electron chi connectivity index (χ1n) is 5.92. The third-order valence-corrected chi connectivity index (χ3v) is 3.89. The van der Waals surface area contributed by atoms with Gasteiger partial charge in [0.25, 0.3) is 11.5 Å². The van der Waals surface area contributed by atoms with Gasteiger partial charge in [-0.1, -0.05) is 0 Å². The predicted molar refractivity (Wildman–Crippen MR) is 77.8 cm³/mol. The van der Waals surface area contributed by atoms with Gasteiger partial charge >= 0.3 is 0 Å². The van der Waals surface area contributed by atoms with E-state index in [0.29, 0.717) is 10.7 Å². The average Bonchev–Trinajstić information content (AvgIpc) is 2.70. The molecule has 0 atom stereocenters. The number of carbonyl (C=O) groups is 1. The molecule has 0 fully saturated rings. The summed E-state index contributed by atoms with van der Waals surface area (Å²) in [5.41, 5.74) is 0.942. The molecule has 0 saturated heterocycles. The molecule has 2 rings (SSSR count). The molecule has 0 aromatic carbocycles. The monoisotopic (exact) mass is 293 g/mol. The van der Waals surface area contributed by atoms with Crippen LogP contribution in [0.25, 0.3) is 0 Å². The van der Waals surface area contributed by atoms with Gasteiger partial charge in [0.05, 0.1) is 18.4 Å². The van der Waals surface area contributed by atoms with E-state index in [4.69, 9.17) is 4.74 Å². The number of hydrogen-bond acceptors (Lipinski definition) is 5. The maximum absolute atomic E-state index is 12.2. The maximum Gasteiger partial charge on any atom is 0.262 e. The van der Waals surface area contributed by atoms with E-state index in [9.17, 15) is 9.59 Å². The molecule has 2 heterocycles. The number of pyridine rings is 1. The van der Waals surface area contributed by atoms with Crippen LogP contribution >= 0.6 is 11.3 Å². The molecular weight excluding hydrogens is 278 g/mol. The van der Waals surface area contributed by atoms with Gasteiger partial charge in [-0.05, 0) is 13.8 Å². The first-order chi connectivity index (χ1) is 9.42. The van der Waals surface area contributed by atoms with E-state index in [2.05, 4.69) is 10.3 Å². The van der Waals surface area contributed by atoms with Crippen molar-refractivity contribution in [3.8, 4) is 5.75 Å². The van der Waals surface area contributed by atoms with Crippen LogP contribution in [0.3, 0.4) is 0 Å². The summed E-state index contributed by atoms with van der Waals surface area (Å²) >= 11 is 1.41. The fourth-order valence-corrected chi connectivity index (χ4v) is 2.45. The molecule has 1 amide bonds. The number of nitrogens with zero attached hydrogens (tertiary/aromatic N) is 2. The van der Waals surface area contributed by atoms with E-state index >= 15 is 0 Å². The summed E-state index contributed by atoms with van der Waals surface area (Å²) in [6, 6.07) is 1.28. The Hall–Kier alpha value is -2.15. The lowest BCUT2D eigenvalue weighted by Gasteiger charge is -2.09. The Morgan fingerprint density at radius 1 is 1.45 bits per heavy atom. The van der Waals surface area contributed by atoms with Crippen molar-refractivity contribution in [3.63, 3.8) is 0 Å². The van der Waals surface area contributed by atoms with Crippen molar-refractivity contribution in [2.24, 2.45) is 7.05 Å². The van der Waals surface area contributed by atoms with Crippen molar-refractivity contribution in [2.45, 2.75) is 13.8 Å². The summed E-state index contributed by atoms with van der Waals surface area (Å²) in [5.74, 6) is -0.109. The molecule has 0 aliphatic rings. The van der Waals surface area contributed by atoms with E-state index < -0.39 is 0 Å². The van der Waals surface area contributed by atoms with Crippen molar-refractivity contribution >= 4 is 22.4 Å². The Bertz CT molecular complexity index is 699. The largest absolute Gasteiger partial charge is 0.496 e. The number of anilines is 1. The molecule has 2 aromatic rings. The third kappa shape index (κ3) is 2.72. The van der Waals surface area contributed by atoms with E-state index in [1.54, 1.807) is 7.05 Å². The van der Waals surface area contributed by atoms with Gasteiger partial charge in [0.15, 0.2) is 5.13 Å². The van der Waals surface area contributed by atoms with Gasteiger partial charge in [0, 0.05) is 24.2 Å². The Morgan fingerprint density at radius 3 is 2.70 bits per heavy atom. The van der Waals surface area contributed by atoms with Crippen LogP contribution in [0.15, 0.2) is 17.1 Å². The molecule has 6 nitrogen and oxygen atoms in total. The zero-order valence-electron chi connectivity index (χ0n) is 11.7. The first-order valence-corrected chi connectivity index (χ1v) is 6.74. The molecule has 2 aromatic heterocycles.